The molecule has 0 atom stereocenters. The van der Waals surface area contributed by atoms with Crippen LogP contribution in [0.1, 0.15) is 36.2 Å². The zero-order chi connectivity index (χ0) is 21.2. The number of piperidine rings is 1. The lowest BCUT2D eigenvalue weighted by atomic mass is 10.1. The fraction of sp³-hybridized carbons (Fsp3) is 0.320. The second kappa shape index (κ2) is 8.38. The predicted octanol–water partition coefficient (Wildman–Crippen LogP) is 5.26. The fourth-order valence-corrected chi connectivity index (χ4v) is 4.08. The standard InChI is InChI=1S/C25H27N5O/c1-18-6-8-20(9-7-18)16-30-17-23(26-19(30)2)25-27-24(28-31-25)21-10-12-22(13-11-21)29-14-4-3-5-15-29/h6-13,17H,3-5,14-16H2,1-2H3. The van der Waals surface area contributed by atoms with E-state index < -0.39 is 0 Å². The minimum atomic E-state index is 0.445. The van der Waals surface area contributed by atoms with Crippen LogP contribution in [0.25, 0.3) is 23.0 Å². The first-order chi connectivity index (χ1) is 15.2. The van der Waals surface area contributed by atoms with Crippen LogP contribution in [0.3, 0.4) is 0 Å². The number of anilines is 1. The van der Waals surface area contributed by atoms with E-state index in [1.54, 1.807) is 0 Å². The molecule has 3 heterocycles. The first kappa shape index (κ1) is 19.5. The van der Waals surface area contributed by atoms with Gasteiger partial charge in [0.15, 0.2) is 0 Å². The molecule has 0 radical (unpaired) electrons. The molecule has 2 aromatic carbocycles. The summed E-state index contributed by atoms with van der Waals surface area (Å²) in [7, 11) is 0. The summed E-state index contributed by atoms with van der Waals surface area (Å²) in [4.78, 5) is 11.7. The molecule has 1 fully saturated rings. The summed E-state index contributed by atoms with van der Waals surface area (Å²) in [5.41, 5.74) is 5.41. The SMILES string of the molecule is Cc1ccc(Cn2cc(-c3nc(-c4ccc(N5CCCCC5)cc4)no3)nc2C)cc1. The van der Waals surface area contributed by atoms with Crippen molar-refractivity contribution in [3.05, 3.63) is 71.7 Å². The highest BCUT2D eigenvalue weighted by Crippen LogP contribution is 2.26. The van der Waals surface area contributed by atoms with Gasteiger partial charge in [-0.15, -0.1) is 0 Å². The average molecular weight is 414 g/mol. The number of hydrogen-bond donors (Lipinski definition) is 0. The van der Waals surface area contributed by atoms with E-state index in [0.717, 1.165) is 31.0 Å². The Balaban J connectivity index is 1.33. The van der Waals surface area contributed by atoms with Gasteiger partial charge >= 0.3 is 0 Å². The van der Waals surface area contributed by atoms with E-state index in [9.17, 15) is 0 Å². The van der Waals surface area contributed by atoms with Crippen molar-refractivity contribution in [1.29, 1.82) is 0 Å². The summed E-state index contributed by atoms with van der Waals surface area (Å²) in [5, 5.41) is 4.19. The van der Waals surface area contributed by atoms with E-state index in [1.165, 1.54) is 36.1 Å². The second-order valence-electron chi connectivity index (χ2n) is 8.30. The summed E-state index contributed by atoms with van der Waals surface area (Å²) in [6, 6.07) is 17.0. The van der Waals surface area contributed by atoms with Crippen LogP contribution < -0.4 is 4.90 Å². The van der Waals surface area contributed by atoms with Gasteiger partial charge in [0, 0.05) is 37.1 Å². The Bertz CT molecular complexity index is 1150. The molecular formula is C25H27N5O. The lowest BCUT2D eigenvalue weighted by molar-refractivity contribution is 0.431. The van der Waals surface area contributed by atoms with Gasteiger partial charge in [0.2, 0.25) is 5.82 Å². The van der Waals surface area contributed by atoms with Gasteiger partial charge in [-0.3, -0.25) is 0 Å². The number of rotatable bonds is 5. The van der Waals surface area contributed by atoms with Crippen LogP contribution in [0.15, 0.2) is 59.3 Å². The van der Waals surface area contributed by atoms with E-state index in [1.807, 2.05) is 13.1 Å². The number of benzene rings is 2. The molecule has 2 aromatic heterocycles. The van der Waals surface area contributed by atoms with Crippen molar-refractivity contribution in [3.63, 3.8) is 0 Å². The lowest BCUT2D eigenvalue weighted by Gasteiger charge is -2.28. The molecule has 0 N–H and O–H groups in total. The maximum absolute atomic E-state index is 5.54. The Kier molecular flexibility index (Phi) is 5.28. The summed E-state index contributed by atoms with van der Waals surface area (Å²) in [6.45, 7) is 7.12. The van der Waals surface area contributed by atoms with Crippen LogP contribution in [0.2, 0.25) is 0 Å². The van der Waals surface area contributed by atoms with Gasteiger partial charge in [-0.05, 0) is 62.9 Å². The predicted molar refractivity (Wildman–Crippen MR) is 122 cm³/mol. The van der Waals surface area contributed by atoms with E-state index in [-0.39, 0.29) is 0 Å². The van der Waals surface area contributed by atoms with Crippen LogP contribution in [-0.2, 0) is 6.54 Å². The molecule has 6 nitrogen and oxygen atoms in total. The number of aryl methyl sites for hydroxylation is 2. The summed E-state index contributed by atoms with van der Waals surface area (Å²) in [5.74, 6) is 1.95. The molecule has 1 aliphatic rings. The lowest BCUT2D eigenvalue weighted by Crippen LogP contribution is -2.29. The number of imidazole rings is 1. The third kappa shape index (κ3) is 4.24. The zero-order valence-corrected chi connectivity index (χ0v) is 18.1. The number of aromatic nitrogens is 4. The molecule has 4 aromatic rings. The van der Waals surface area contributed by atoms with E-state index in [4.69, 9.17) is 4.52 Å². The van der Waals surface area contributed by atoms with Crippen molar-refractivity contribution in [1.82, 2.24) is 19.7 Å². The molecule has 31 heavy (non-hydrogen) atoms. The molecule has 0 spiro atoms. The molecule has 6 heteroatoms. The minimum absolute atomic E-state index is 0.445. The molecule has 1 aliphatic heterocycles. The van der Waals surface area contributed by atoms with Crippen molar-refractivity contribution in [2.24, 2.45) is 0 Å². The van der Waals surface area contributed by atoms with E-state index >= 15 is 0 Å². The van der Waals surface area contributed by atoms with Crippen molar-refractivity contribution < 1.29 is 4.52 Å². The average Bonchev–Trinajstić information content (AvgIpc) is 3.43. The van der Waals surface area contributed by atoms with Crippen molar-refractivity contribution in [3.8, 4) is 23.0 Å². The molecular weight excluding hydrogens is 386 g/mol. The third-order valence-electron chi connectivity index (χ3n) is 5.94. The van der Waals surface area contributed by atoms with Gasteiger partial charge in [-0.1, -0.05) is 35.0 Å². The Morgan fingerprint density at radius 3 is 2.35 bits per heavy atom. The minimum Gasteiger partial charge on any atom is -0.372 e. The normalized spacial score (nSPS) is 14.2. The first-order valence-corrected chi connectivity index (χ1v) is 10.9. The van der Waals surface area contributed by atoms with Crippen LogP contribution in [0, 0.1) is 13.8 Å². The van der Waals surface area contributed by atoms with Gasteiger partial charge in [0.05, 0.1) is 0 Å². The maximum Gasteiger partial charge on any atom is 0.278 e. The highest BCUT2D eigenvalue weighted by atomic mass is 16.5. The molecule has 1 saturated heterocycles. The molecule has 5 rings (SSSR count). The summed E-state index contributed by atoms with van der Waals surface area (Å²) >= 11 is 0. The van der Waals surface area contributed by atoms with E-state index in [2.05, 4.69) is 80.0 Å². The van der Waals surface area contributed by atoms with Crippen LogP contribution in [0.4, 0.5) is 5.69 Å². The Morgan fingerprint density at radius 2 is 1.61 bits per heavy atom. The topological polar surface area (TPSA) is 60.0 Å². The molecule has 0 bridgehead atoms. The van der Waals surface area contributed by atoms with Crippen molar-refractivity contribution >= 4 is 5.69 Å². The maximum atomic E-state index is 5.54. The van der Waals surface area contributed by atoms with Gasteiger partial charge in [-0.25, -0.2) is 4.98 Å². The van der Waals surface area contributed by atoms with Crippen LogP contribution >= 0.6 is 0 Å². The number of hydrogen-bond acceptors (Lipinski definition) is 5. The zero-order valence-electron chi connectivity index (χ0n) is 18.1. The quantitative estimate of drug-likeness (QED) is 0.447. The monoisotopic (exact) mass is 413 g/mol. The highest BCUT2D eigenvalue weighted by molar-refractivity contribution is 5.62. The van der Waals surface area contributed by atoms with Gasteiger partial charge in [0.1, 0.15) is 11.5 Å². The van der Waals surface area contributed by atoms with Crippen LogP contribution in [0.5, 0.6) is 0 Å². The highest BCUT2D eigenvalue weighted by Gasteiger charge is 2.16. The van der Waals surface area contributed by atoms with E-state index in [0.29, 0.717) is 17.4 Å². The Labute approximate surface area is 182 Å². The second-order valence-corrected chi connectivity index (χ2v) is 8.30. The van der Waals surface area contributed by atoms with Gasteiger partial charge in [-0.2, -0.15) is 4.98 Å². The first-order valence-electron chi connectivity index (χ1n) is 10.9. The molecule has 0 amide bonds. The fourth-order valence-electron chi connectivity index (χ4n) is 4.08. The van der Waals surface area contributed by atoms with Crippen molar-refractivity contribution in [2.45, 2.75) is 39.7 Å². The summed E-state index contributed by atoms with van der Waals surface area (Å²) in [6.07, 6.45) is 5.85. The largest absolute Gasteiger partial charge is 0.372 e. The molecule has 158 valence electrons. The summed E-state index contributed by atoms with van der Waals surface area (Å²) < 4.78 is 7.65. The molecule has 0 unspecified atom stereocenters. The molecule has 0 saturated carbocycles. The molecule has 0 aliphatic carbocycles. The Hall–Kier alpha value is -3.41. The van der Waals surface area contributed by atoms with Crippen LogP contribution in [-0.4, -0.2) is 32.8 Å². The number of nitrogens with zero attached hydrogens (tertiary/aromatic N) is 5. The van der Waals surface area contributed by atoms with Gasteiger partial charge in [0.25, 0.3) is 5.89 Å². The van der Waals surface area contributed by atoms with Gasteiger partial charge < -0.3 is 14.0 Å². The smallest absolute Gasteiger partial charge is 0.278 e. The van der Waals surface area contributed by atoms with Crippen molar-refractivity contribution in [2.75, 3.05) is 18.0 Å². The third-order valence-corrected chi connectivity index (χ3v) is 5.94. The Morgan fingerprint density at radius 1 is 0.871 bits per heavy atom.